The van der Waals surface area contributed by atoms with Crippen LogP contribution in [0.15, 0.2) is 168 Å². The van der Waals surface area contributed by atoms with Crippen LogP contribution in [0.3, 0.4) is 0 Å². The molecule has 0 N–H and O–H groups in total. The zero-order chi connectivity index (χ0) is 38.2. The zero-order valence-electron chi connectivity index (χ0n) is 31.7. The molecule has 3 heterocycles. The lowest BCUT2D eigenvalue weighted by Crippen LogP contribution is -2.00. The Balaban J connectivity index is 0.995. The van der Waals surface area contributed by atoms with Crippen LogP contribution in [0, 0.1) is 0 Å². The lowest BCUT2D eigenvalue weighted by molar-refractivity contribution is 0.668. The van der Waals surface area contributed by atoms with E-state index in [2.05, 4.69) is 144 Å². The Morgan fingerprint density at radius 2 is 1.19 bits per heavy atom. The summed E-state index contributed by atoms with van der Waals surface area (Å²) < 4.78 is 9.18. The number of benzene rings is 7. The van der Waals surface area contributed by atoms with Gasteiger partial charge in [-0.25, -0.2) is 15.0 Å². The number of hydrogen-bond donors (Lipinski definition) is 0. The first-order valence-corrected chi connectivity index (χ1v) is 20.1. The van der Waals surface area contributed by atoms with Gasteiger partial charge in [0.1, 0.15) is 11.2 Å². The molecular formula is C53H36N4O. The molecule has 10 aromatic rings. The number of nitrogens with zero attached hydrogens (tertiary/aromatic N) is 4. The number of hydrogen-bond acceptors (Lipinski definition) is 4. The van der Waals surface area contributed by atoms with Crippen molar-refractivity contribution in [2.24, 2.45) is 0 Å². The Kier molecular flexibility index (Phi) is 7.42. The average Bonchev–Trinajstić information content (AvgIpc) is 3.85. The number of fused-ring (bicyclic) bond motifs is 10. The number of rotatable bonds is 5. The van der Waals surface area contributed by atoms with Crippen molar-refractivity contribution < 1.29 is 4.42 Å². The standard InChI is InChI=1S/C53H36N4O/c1-3-11-33(12-4-1)34-19-21-38(22-20-34)52-54-51(37-15-5-2-6-16-37)55-53(56-52)39-24-27-43-44-29-26-40(32-48(44)58-47(43)31-39)57-46-30-25-35-13-7-9-17-41(35)49(46)45-28-23-36-14-8-10-18-42(36)50(45)57/h2-3,5-6,8-12,14-32H,1,4,7,13H2. The minimum Gasteiger partial charge on any atom is -0.456 e. The normalized spacial score (nSPS) is 13.9. The molecule has 3 aromatic heterocycles. The van der Waals surface area contributed by atoms with Gasteiger partial charge in [-0.3, -0.25) is 0 Å². The molecule has 0 atom stereocenters. The van der Waals surface area contributed by atoms with Crippen molar-refractivity contribution in [3.8, 4) is 39.9 Å². The minimum absolute atomic E-state index is 0.600. The second kappa shape index (κ2) is 13.1. The Bertz CT molecular complexity index is 3380. The largest absolute Gasteiger partial charge is 0.456 e. The summed E-state index contributed by atoms with van der Waals surface area (Å²) in [5.74, 6) is 1.87. The quantitative estimate of drug-likeness (QED) is 0.176. The van der Waals surface area contributed by atoms with Gasteiger partial charge in [-0.15, -0.1) is 0 Å². The van der Waals surface area contributed by atoms with Gasteiger partial charge in [0.25, 0.3) is 0 Å². The van der Waals surface area contributed by atoms with E-state index in [9.17, 15) is 0 Å². The molecule has 0 spiro atoms. The first kappa shape index (κ1) is 32.8. The third-order valence-electron chi connectivity index (χ3n) is 11.9. The van der Waals surface area contributed by atoms with Crippen molar-refractivity contribution >= 4 is 66.2 Å². The van der Waals surface area contributed by atoms with E-state index >= 15 is 0 Å². The van der Waals surface area contributed by atoms with Gasteiger partial charge in [-0.2, -0.15) is 0 Å². The summed E-state index contributed by atoms with van der Waals surface area (Å²) in [5.41, 5.74) is 13.1. The Labute approximate surface area is 335 Å². The fourth-order valence-electron chi connectivity index (χ4n) is 9.09. The summed E-state index contributed by atoms with van der Waals surface area (Å²) in [4.78, 5) is 15.1. The van der Waals surface area contributed by atoms with Crippen molar-refractivity contribution in [2.75, 3.05) is 0 Å². The number of aromatic nitrogens is 4. The van der Waals surface area contributed by atoms with Gasteiger partial charge in [0, 0.05) is 55.4 Å². The summed E-state index contributed by atoms with van der Waals surface area (Å²) >= 11 is 0. The SMILES string of the molecule is C1=CC(c2ccc(-c3nc(-c4ccccc4)nc(-c4ccc5c(c4)oc4cc(-n6c7ccc8c(c7c7ccc9ccccc9c76)C=CCC8)ccc45)n3)cc2)=CCC1. The second-order valence-electron chi connectivity index (χ2n) is 15.4. The molecule has 2 aliphatic rings. The van der Waals surface area contributed by atoms with Gasteiger partial charge in [0.15, 0.2) is 17.5 Å². The maximum absolute atomic E-state index is 6.75. The molecule has 0 bridgehead atoms. The summed E-state index contributed by atoms with van der Waals surface area (Å²) in [6.45, 7) is 0. The van der Waals surface area contributed by atoms with Crippen LogP contribution in [-0.4, -0.2) is 19.5 Å². The zero-order valence-corrected chi connectivity index (χ0v) is 31.7. The van der Waals surface area contributed by atoms with Gasteiger partial charge >= 0.3 is 0 Å². The fraction of sp³-hybridized carbons (Fsp3) is 0.0755. The summed E-state index contributed by atoms with van der Waals surface area (Å²) in [7, 11) is 0. The maximum Gasteiger partial charge on any atom is 0.164 e. The minimum atomic E-state index is 0.600. The molecule has 58 heavy (non-hydrogen) atoms. The molecule has 0 unspecified atom stereocenters. The van der Waals surface area contributed by atoms with Crippen LogP contribution >= 0.6 is 0 Å². The highest BCUT2D eigenvalue weighted by Crippen LogP contribution is 2.42. The topological polar surface area (TPSA) is 56.7 Å². The van der Waals surface area contributed by atoms with E-state index in [1.54, 1.807) is 0 Å². The van der Waals surface area contributed by atoms with Crippen LogP contribution in [-0.2, 0) is 6.42 Å². The highest BCUT2D eigenvalue weighted by molar-refractivity contribution is 6.21. The molecule has 7 aromatic carbocycles. The first-order valence-electron chi connectivity index (χ1n) is 20.1. The number of furan rings is 1. The van der Waals surface area contributed by atoms with Crippen LogP contribution in [0.4, 0.5) is 0 Å². The van der Waals surface area contributed by atoms with Crippen molar-refractivity contribution in [3.63, 3.8) is 0 Å². The molecule has 5 nitrogen and oxygen atoms in total. The second-order valence-corrected chi connectivity index (χ2v) is 15.4. The van der Waals surface area contributed by atoms with Crippen molar-refractivity contribution in [3.05, 3.63) is 181 Å². The number of allylic oxidation sites excluding steroid dienone is 5. The van der Waals surface area contributed by atoms with Crippen LogP contribution in [0.2, 0.25) is 0 Å². The summed E-state index contributed by atoms with van der Waals surface area (Å²) in [6.07, 6.45) is 15.7. The molecule has 274 valence electrons. The molecule has 5 heteroatoms. The van der Waals surface area contributed by atoms with Gasteiger partial charge in [0.2, 0.25) is 0 Å². The Hall–Kier alpha value is -7.37. The van der Waals surface area contributed by atoms with Crippen LogP contribution in [0.1, 0.15) is 36.0 Å². The van der Waals surface area contributed by atoms with Crippen molar-refractivity contribution in [1.82, 2.24) is 19.5 Å². The first-order chi connectivity index (χ1) is 28.7. The smallest absolute Gasteiger partial charge is 0.164 e. The molecule has 0 saturated carbocycles. The van der Waals surface area contributed by atoms with E-state index < -0.39 is 0 Å². The lowest BCUT2D eigenvalue weighted by Gasteiger charge is -2.13. The van der Waals surface area contributed by atoms with Crippen LogP contribution in [0.25, 0.3) is 106 Å². The Morgan fingerprint density at radius 3 is 2.02 bits per heavy atom. The van der Waals surface area contributed by atoms with E-state index in [0.717, 1.165) is 70.0 Å². The molecule has 0 saturated heterocycles. The van der Waals surface area contributed by atoms with Gasteiger partial charge < -0.3 is 8.98 Å². The van der Waals surface area contributed by atoms with Gasteiger partial charge in [-0.05, 0) is 83.7 Å². The summed E-state index contributed by atoms with van der Waals surface area (Å²) in [5, 5.41) is 7.17. The number of aryl methyl sites for hydroxylation is 1. The highest BCUT2D eigenvalue weighted by atomic mass is 16.3. The van der Waals surface area contributed by atoms with E-state index in [0.29, 0.717) is 17.5 Å². The lowest BCUT2D eigenvalue weighted by atomic mass is 9.93. The molecule has 0 amide bonds. The molecular weight excluding hydrogens is 709 g/mol. The van der Waals surface area contributed by atoms with Gasteiger partial charge in [0.05, 0.1) is 11.0 Å². The average molecular weight is 745 g/mol. The van der Waals surface area contributed by atoms with E-state index in [1.165, 1.54) is 54.8 Å². The van der Waals surface area contributed by atoms with Crippen LogP contribution in [0.5, 0.6) is 0 Å². The van der Waals surface area contributed by atoms with Crippen molar-refractivity contribution in [2.45, 2.75) is 25.7 Å². The van der Waals surface area contributed by atoms with E-state index in [1.807, 2.05) is 30.3 Å². The Morgan fingerprint density at radius 1 is 0.500 bits per heavy atom. The predicted octanol–water partition coefficient (Wildman–Crippen LogP) is 13.7. The monoisotopic (exact) mass is 744 g/mol. The molecule has 2 aliphatic carbocycles. The third kappa shape index (κ3) is 5.27. The fourth-order valence-corrected chi connectivity index (χ4v) is 9.09. The van der Waals surface area contributed by atoms with E-state index in [-0.39, 0.29) is 0 Å². The predicted molar refractivity (Wildman–Crippen MR) is 239 cm³/mol. The molecule has 12 rings (SSSR count). The third-order valence-corrected chi connectivity index (χ3v) is 11.9. The highest BCUT2D eigenvalue weighted by Gasteiger charge is 2.21. The van der Waals surface area contributed by atoms with Crippen molar-refractivity contribution in [1.29, 1.82) is 0 Å². The molecule has 0 radical (unpaired) electrons. The molecule has 0 aliphatic heterocycles. The van der Waals surface area contributed by atoms with Gasteiger partial charge in [-0.1, -0.05) is 134 Å². The maximum atomic E-state index is 6.75. The summed E-state index contributed by atoms with van der Waals surface area (Å²) in [6, 6.07) is 49.5. The van der Waals surface area contributed by atoms with E-state index in [4.69, 9.17) is 19.4 Å². The van der Waals surface area contributed by atoms with Crippen LogP contribution < -0.4 is 0 Å². The molecule has 0 fully saturated rings.